The van der Waals surface area contributed by atoms with Gasteiger partial charge in [-0.3, -0.25) is 14.4 Å². The molecule has 1 saturated carbocycles. The van der Waals surface area contributed by atoms with Crippen LogP contribution < -0.4 is 5.32 Å². The maximum Gasteiger partial charge on any atom is 0.306 e. The summed E-state index contributed by atoms with van der Waals surface area (Å²) in [5, 5.41) is 11.8. The molecular formula is C14H18N2O4. The Hall–Kier alpha value is -2.11. The summed E-state index contributed by atoms with van der Waals surface area (Å²) in [7, 11) is 0. The maximum absolute atomic E-state index is 11.9. The van der Waals surface area contributed by atoms with E-state index in [9.17, 15) is 14.4 Å². The Morgan fingerprint density at radius 1 is 1.40 bits per heavy atom. The summed E-state index contributed by atoms with van der Waals surface area (Å²) < 4.78 is 0. The standard InChI is InChI=1S/C14H18N2O4/c1-8(17)10-5-12(15-7-10)13(18)16-6-9-3-2-4-11(9)14(19)20/h5,7,9,11,15H,2-4,6H2,1H3,(H,16,18)(H,19,20). The lowest BCUT2D eigenvalue weighted by Crippen LogP contribution is -2.33. The molecule has 108 valence electrons. The van der Waals surface area contributed by atoms with Crippen molar-refractivity contribution in [3.05, 3.63) is 23.5 Å². The summed E-state index contributed by atoms with van der Waals surface area (Å²) in [4.78, 5) is 36.9. The largest absolute Gasteiger partial charge is 0.481 e. The van der Waals surface area contributed by atoms with Crippen LogP contribution in [0, 0.1) is 11.8 Å². The van der Waals surface area contributed by atoms with Crippen LogP contribution in [0.5, 0.6) is 0 Å². The number of carbonyl (C=O) groups is 3. The lowest BCUT2D eigenvalue weighted by Gasteiger charge is -2.15. The fourth-order valence-electron chi connectivity index (χ4n) is 2.65. The van der Waals surface area contributed by atoms with Crippen LogP contribution in [-0.2, 0) is 4.79 Å². The van der Waals surface area contributed by atoms with Gasteiger partial charge in [0.25, 0.3) is 5.91 Å². The van der Waals surface area contributed by atoms with Crippen LogP contribution in [0.1, 0.15) is 47.0 Å². The first-order chi connectivity index (χ1) is 9.49. The number of Topliss-reactive ketones (excluding diaryl/α,β-unsaturated/α-hetero) is 1. The molecule has 0 bridgehead atoms. The van der Waals surface area contributed by atoms with Gasteiger partial charge in [0.1, 0.15) is 5.69 Å². The minimum atomic E-state index is -0.791. The fourth-order valence-corrected chi connectivity index (χ4v) is 2.65. The van der Waals surface area contributed by atoms with E-state index < -0.39 is 5.97 Å². The van der Waals surface area contributed by atoms with Gasteiger partial charge in [-0.15, -0.1) is 0 Å². The first-order valence-electron chi connectivity index (χ1n) is 6.69. The molecule has 0 radical (unpaired) electrons. The van der Waals surface area contributed by atoms with Crippen LogP contribution in [0.2, 0.25) is 0 Å². The Kier molecular flexibility index (Phi) is 4.22. The number of nitrogens with one attached hydrogen (secondary N) is 2. The van der Waals surface area contributed by atoms with E-state index in [-0.39, 0.29) is 23.5 Å². The van der Waals surface area contributed by atoms with Crippen molar-refractivity contribution in [1.29, 1.82) is 0 Å². The van der Waals surface area contributed by atoms with Crippen molar-refractivity contribution in [2.45, 2.75) is 26.2 Å². The molecule has 20 heavy (non-hydrogen) atoms. The van der Waals surface area contributed by atoms with E-state index in [0.29, 0.717) is 24.2 Å². The molecule has 1 aliphatic rings. The zero-order valence-electron chi connectivity index (χ0n) is 11.3. The molecule has 6 heteroatoms. The van der Waals surface area contributed by atoms with Crippen LogP contribution in [0.15, 0.2) is 12.3 Å². The molecule has 0 spiro atoms. The minimum Gasteiger partial charge on any atom is -0.481 e. The van der Waals surface area contributed by atoms with Gasteiger partial charge in [-0.25, -0.2) is 0 Å². The van der Waals surface area contributed by atoms with Crippen molar-refractivity contribution in [3.8, 4) is 0 Å². The minimum absolute atomic E-state index is 0.0151. The van der Waals surface area contributed by atoms with E-state index in [4.69, 9.17) is 5.11 Å². The lowest BCUT2D eigenvalue weighted by atomic mass is 9.96. The van der Waals surface area contributed by atoms with E-state index >= 15 is 0 Å². The molecule has 1 fully saturated rings. The second-order valence-electron chi connectivity index (χ2n) is 5.20. The number of aromatic nitrogens is 1. The first kappa shape index (κ1) is 14.3. The molecule has 2 atom stereocenters. The van der Waals surface area contributed by atoms with Crippen molar-refractivity contribution in [2.75, 3.05) is 6.54 Å². The third-order valence-corrected chi connectivity index (χ3v) is 3.84. The van der Waals surface area contributed by atoms with Crippen molar-refractivity contribution < 1.29 is 19.5 Å². The van der Waals surface area contributed by atoms with E-state index in [2.05, 4.69) is 10.3 Å². The number of hydrogen-bond acceptors (Lipinski definition) is 3. The average Bonchev–Trinajstić information content (AvgIpc) is 3.04. The summed E-state index contributed by atoms with van der Waals surface area (Å²) in [6, 6.07) is 1.50. The second kappa shape index (κ2) is 5.90. The monoisotopic (exact) mass is 278 g/mol. The van der Waals surface area contributed by atoms with Gasteiger partial charge in [-0.2, -0.15) is 0 Å². The van der Waals surface area contributed by atoms with Crippen molar-refractivity contribution in [1.82, 2.24) is 10.3 Å². The number of aromatic amines is 1. The summed E-state index contributed by atoms with van der Waals surface area (Å²) in [6.07, 6.45) is 3.87. The van der Waals surface area contributed by atoms with Gasteiger partial charge in [0.15, 0.2) is 5.78 Å². The Bertz CT molecular complexity index is 535. The smallest absolute Gasteiger partial charge is 0.306 e. The molecule has 0 aliphatic heterocycles. The van der Waals surface area contributed by atoms with Gasteiger partial charge in [0.05, 0.1) is 5.92 Å². The van der Waals surface area contributed by atoms with Gasteiger partial charge in [0.2, 0.25) is 0 Å². The molecule has 0 aromatic carbocycles. The van der Waals surface area contributed by atoms with Gasteiger partial charge >= 0.3 is 5.97 Å². The molecular weight excluding hydrogens is 260 g/mol. The molecule has 1 heterocycles. The highest BCUT2D eigenvalue weighted by molar-refractivity contribution is 5.99. The topological polar surface area (TPSA) is 99.3 Å². The third-order valence-electron chi connectivity index (χ3n) is 3.84. The average molecular weight is 278 g/mol. The molecule has 1 aliphatic carbocycles. The first-order valence-corrected chi connectivity index (χ1v) is 6.69. The lowest BCUT2D eigenvalue weighted by molar-refractivity contribution is -0.142. The summed E-state index contributed by atoms with van der Waals surface area (Å²) in [5.41, 5.74) is 0.777. The zero-order valence-corrected chi connectivity index (χ0v) is 11.3. The van der Waals surface area contributed by atoms with Crippen molar-refractivity contribution in [2.24, 2.45) is 11.8 Å². The zero-order chi connectivity index (χ0) is 14.7. The molecule has 1 aromatic rings. The van der Waals surface area contributed by atoms with Crippen LogP contribution >= 0.6 is 0 Å². The number of carbonyl (C=O) groups excluding carboxylic acids is 2. The van der Waals surface area contributed by atoms with Crippen LogP contribution in [0.25, 0.3) is 0 Å². The van der Waals surface area contributed by atoms with Crippen LogP contribution in [-0.4, -0.2) is 34.3 Å². The number of rotatable bonds is 5. The van der Waals surface area contributed by atoms with E-state index in [1.54, 1.807) is 0 Å². The van der Waals surface area contributed by atoms with Gasteiger partial charge in [0, 0.05) is 18.3 Å². The fraction of sp³-hybridized carbons (Fsp3) is 0.500. The molecule has 0 saturated heterocycles. The highest BCUT2D eigenvalue weighted by Crippen LogP contribution is 2.31. The normalized spacial score (nSPS) is 21.6. The maximum atomic E-state index is 11.9. The summed E-state index contributed by atoms with van der Waals surface area (Å²) >= 11 is 0. The number of amides is 1. The molecule has 2 rings (SSSR count). The van der Waals surface area contributed by atoms with Crippen LogP contribution in [0.4, 0.5) is 0 Å². The second-order valence-corrected chi connectivity index (χ2v) is 5.20. The summed E-state index contributed by atoms with van der Waals surface area (Å²) in [5.74, 6) is -1.60. The number of H-pyrrole nitrogens is 1. The highest BCUT2D eigenvalue weighted by Gasteiger charge is 2.32. The Morgan fingerprint density at radius 2 is 2.15 bits per heavy atom. The number of ketones is 1. The van der Waals surface area contributed by atoms with E-state index in [1.807, 2.05) is 0 Å². The molecule has 1 amide bonds. The quantitative estimate of drug-likeness (QED) is 0.710. The van der Waals surface area contributed by atoms with Gasteiger partial charge < -0.3 is 15.4 Å². The van der Waals surface area contributed by atoms with Gasteiger partial charge in [-0.1, -0.05) is 6.42 Å². The predicted octanol–water partition coefficient (Wildman–Crippen LogP) is 1.45. The Labute approximate surface area is 116 Å². The highest BCUT2D eigenvalue weighted by atomic mass is 16.4. The van der Waals surface area contributed by atoms with E-state index in [1.165, 1.54) is 19.2 Å². The number of aliphatic carboxylic acids is 1. The third kappa shape index (κ3) is 3.07. The van der Waals surface area contributed by atoms with E-state index in [0.717, 1.165) is 12.8 Å². The molecule has 2 unspecified atom stereocenters. The predicted molar refractivity (Wildman–Crippen MR) is 71.6 cm³/mol. The SMILES string of the molecule is CC(=O)c1c[nH]c(C(=O)NCC2CCCC2C(=O)O)c1. The summed E-state index contributed by atoms with van der Waals surface area (Å²) in [6.45, 7) is 1.78. The van der Waals surface area contributed by atoms with Crippen molar-refractivity contribution in [3.63, 3.8) is 0 Å². The Balaban J connectivity index is 1.91. The molecule has 3 N–H and O–H groups in total. The number of hydrogen-bond donors (Lipinski definition) is 3. The van der Waals surface area contributed by atoms with Gasteiger partial charge in [-0.05, 0) is 31.7 Å². The van der Waals surface area contributed by atoms with Crippen molar-refractivity contribution >= 4 is 17.7 Å². The Morgan fingerprint density at radius 3 is 2.75 bits per heavy atom. The molecule has 1 aromatic heterocycles. The molecule has 6 nitrogen and oxygen atoms in total. The number of carboxylic acid groups (broad SMARTS) is 1. The number of carboxylic acids is 1. The van der Waals surface area contributed by atoms with Crippen LogP contribution in [0.3, 0.4) is 0 Å².